The molecule has 7 nitrogen and oxygen atoms in total. The number of aromatic nitrogens is 3. The molecule has 0 unspecified atom stereocenters. The van der Waals surface area contributed by atoms with Crippen LogP contribution < -0.4 is 10.5 Å². The van der Waals surface area contributed by atoms with Crippen molar-refractivity contribution in [3.8, 4) is 5.75 Å². The summed E-state index contributed by atoms with van der Waals surface area (Å²) in [6.07, 6.45) is 3.97. The fourth-order valence-electron chi connectivity index (χ4n) is 2.29. The van der Waals surface area contributed by atoms with Gasteiger partial charge in [0.1, 0.15) is 18.2 Å². The molecule has 0 saturated heterocycles. The highest BCUT2D eigenvalue weighted by Crippen LogP contribution is 2.30. The van der Waals surface area contributed by atoms with Crippen molar-refractivity contribution in [1.29, 1.82) is 0 Å². The van der Waals surface area contributed by atoms with Crippen LogP contribution in [0.2, 0.25) is 5.02 Å². The molecule has 1 aromatic carbocycles. The molecule has 0 aliphatic rings. The molecule has 8 heteroatoms. The number of oxazole rings is 1. The third-order valence-electron chi connectivity index (χ3n) is 3.54. The summed E-state index contributed by atoms with van der Waals surface area (Å²) >= 11 is 6.24. The molecule has 2 aromatic heterocycles. The lowest BCUT2D eigenvalue weighted by Gasteiger charge is -2.08. The zero-order chi connectivity index (χ0) is 16.4. The van der Waals surface area contributed by atoms with Crippen molar-refractivity contribution in [2.75, 3.05) is 6.61 Å². The van der Waals surface area contributed by atoms with Crippen molar-refractivity contribution in [3.63, 3.8) is 0 Å². The van der Waals surface area contributed by atoms with Gasteiger partial charge in [-0.05, 0) is 12.5 Å². The molecule has 1 N–H and O–H groups in total. The van der Waals surface area contributed by atoms with Gasteiger partial charge < -0.3 is 18.8 Å². The van der Waals surface area contributed by atoms with Gasteiger partial charge in [0, 0.05) is 38.7 Å². The van der Waals surface area contributed by atoms with Crippen LogP contribution >= 0.6 is 11.6 Å². The van der Waals surface area contributed by atoms with Crippen LogP contribution in [0, 0.1) is 0 Å². The van der Waals surface area contributed by atoms with Crippen LogP contribution in [0.25, 0.3) is 11.1 Å². The third kappa shape index (κ3) is 3.11. The summed E-state index contributed by atoms with van der Waals surface area (Å²) < 4.78 is 14.2. The summed E-state index contributed by atoms with van der Waals surface area (Å²) in [6.45, 7) is 0.619. The third-order valence-corrected chi connectivity index (χ3v) is 3.83. The fraction of sp³-hybridized carbons (Fsp3) is 0.333. The molecule has 0 aliphatic heterocycles. The van der Waals surface area contributed by atoms with Crippen molar-refractivity contribution in [2.24, 2.45) is 7.05 Å². The Bertz CT molecular complexity index is 881. The van der Waals surface area contributed by atoms with Crippen molar-refractivity contribution >= 4 is 22.7 Å². The minimum atomic E-state index is -0.481. The summed E-state index contributed by atoms with van der Waals surface area (Å²) in [5, 5.41) is 9.29. The Kier molecular flexibility index (Phi) is 4.40. The van der Waals surface area contributed by atoms with Gasteiger partial charge in [-0.15, -0.1) is 0 Å². The molecule has 2 heterocycles. The second kappa shape index (κ2) is 6.47. The number of halogens is 1. The first-order valence-corrected chi connectivity index (χ1v) is 7.50. The summed E-state index contributed by atoms with van der Waals surface area (Å²) in [5.74, 6) is 0.694. The predicted molar refractivity (Wildman–Crippen MR) is 84.7 cm³/mol. The van der Waals surface area contributed by atoms with E-state index in [-0.39, 0.29) is 13.2 Å². The van der Waals surface area contributed by atoms with Gasteiger partial charge in [-0.25, -0.2) is 9.78 Å². The monoisotopic (exact) mass is 337 g/mol. The molecule has 23 heavy (non-hydrogen) atoms. The number of aryl methyl sites for hydroxylation is 2. The van der Waals surface area contributed by atoms with E-state index in [1.54, 1.807) is 18.3 Å². The summed E-state index contributed by atoms with van der Waals surface area (Å²) in [6, 6.07) is 3.23. The summed E-state index contributed by atoms with van der Waals surface area (Å²) in [4.78, 5) is 16.0. The maximum atomic E-state index is 11.9. The quantitative estimate of drug-likeness (QED) is 0.743. The van der Waals surface area contributed by atoms with Crippen LogP contribution in [-0.2, 0) is 20.2 Å². The lowest BCUT2D eigenvalue weighted by molar-refractivity contribution is 0.278. The SMILES string of the molecule is Cn1ccnc1COc1cc2oc(=O)n(CCCO)c2cc1Cl. The van der Waals surface area contributed by atoms with Gasteiger partial charge in [0.2, 0.25) is 0 Å². The number of hydrogen-bond acceptors (Lipinski definition) is 5. The molecular weight excluding hydrogens is 322 g/mol. The van der Waals surface area contributed by atoms with Gasteiger partial charge in [0.15, 0.2) is 5.58 Å². The Hall–Kier alpha value is -2.25. The van der Waals surface area contributed by atoms with Crippen LogP contribution in [0.3, 0.4) is 0 Å². The Labute approximate surface area is 136 Å². The highest BCUT2D eigenvalue weighted by molar-refractivity contribution is 6.32. The van der Waals surface area contributed by atoms with E-state index in [0.29, 0.717) is 34.8 Å². The molecule has 0 radical (unpaired) electrons. The number of rotatable bonds is 6. The van der Waals surface area contributed by atoms with Crippen LogP contribution in [0.15, 0.2) is 33.7 Å². The zero-order valence-electron chi connectivity index (χ0n) is 12.5. The standard InChI is InChI=1S/C15H16ClN3O4/c1-18-5-3-17-14(18)9-22-12-8-13-11(7-10(12)16)19(4-2-6-20)15(21)23-13/h3,5,7-8,20H,2,4,6,9H2,1H3. The molecule has 0 fully saturated rings. The van der Waals surface area contributed by atoms with E-state index in [2.05, 4.69) is 4.98 Å². The maximum absolute atomic E-state index is 11.9. The molecule has 0 spiro atoms. The molecule has 0 aliphatic carbocycles. The van der Waals surface area contributed by atoms with E-state index < -0.39 is 5.76 Å². The Morgan fingerprint density at radius 2 is 2.26 bits per heavy atom. The first-order chi connectivity index (χ1) is 11.1. The number of aliphatic hydroxyl groups is 1. The van der Waals surface area contributed by atoms with E-state index >= 15 is 0 Å². The first kappa shape index (κ1) is 15.6. The van der Waals surface area contributed by atoms with Gasteiger partial charge >= 0.3 is 5.76 Å². The minimum Gasteiger partial charge on any atom is -0.484 e. The number of ether oxygens (including phenoxy) is 1. The number of imidazole rings is 1. The van der Waals surface area contributed by atoms with Crippen molar-refractivity contribution in [3.05, 3.63) is 45.9 Å². The van der Waals surface area contributed by atoms with Crippen molar-refractivity contribution in [1.82, 2.24) is 14.1 Å². The number of nitrogens with zero attached hydrogens (tertiary/aromatic N) is 3. The van der Waals surface area contributed by atoms with Crippen LogP contribution in [-0.4, -0.2) is 25.8 Å². The van der Waals surface area contributed by atoms with Crippen molar-refractivity contribution < 1.29 is 14.3 Å². The van der Waals surface area contributed by atoms with E-state index in [1.165, 1.54) is 4.57 Å². The van der Waals surface area contributed by atoms with Gasteiger partial charge in [0.05, 0.1) is 10.5 Å². The van der Waals surface area contributed by atoms with Crippen LogP contribution in [0.1, 0.15) is 12.2 Å². The lowest BCUT2D eigenvalue weighted by atomic mass is 10.3. The lowest BCUT2D eigenvalue weighted by Crippen LogP contribution is -2.14. The van der Waals surface area contributed by atoms with Crippen molar-refractivity contribution in [2.45, 2.75) is 19.6 Å². The topological polar surface area (TPSA) is 82.4 Å². The summed E-state index contributed by atoms with van der Waals surface area (Å²) in [7, 11) is 1.87. The van der Waals surface area contributed by atoms with Crippen LogP contribution in [0.5, 0.6) is 5.75 Å². The molecule has 0 bridgehead atoms. The summed E-state index contributed by atoms with van der Waals surface area (Å²) in [5.41, 5.74) is 0.977. The van der Waals surface area contributed by atoms with Gasteiger partial charge in [-0.1, -0.05) is 11.6 Å². The predicted octanol–water partition coefficient (Wildman–Crippen LogP) is 1.94. The number of aliphatic hydroxyl groups excluding tert-OH is 1. The first-order valence-electron chi connectivity index (χ1n) is 7.13. The van der Waals surface area contributed by atoms with E-state index in [9.17, 15) is 4.79 Å². The highest BCUT2D eigenvalue weighted by atomic mass is 35.5. The van der Waals surface area contributed by atoms with Gasteiger partial charge in [-0.3, -0.25) is 4.57 Å². The largest absolute Gasteiger partial charge is 0.484 e. The average molecular weight is 338 g/mol. The molecule has 0 amide bonds. The normalized spacial score (nSPS) is 11.3. The molecule has 0 atom stereocenters. The Balaban J connectivity index is 1.89. The molecule has 3 rings (SSSR count). The fourth-order valence-corrected chi connectivity index (χ4v) is 2.51. The van der Waals surface area contributed by atoms with Gasteiger partial charge in [0.25, 0.3) is 0 Å². The highest BCUT2D eigenvalue weighted by Gasteiger charge is 2.14. The van der Waals surface area contributed by atoms with Gasteiger partial charge in [-0.2, -0.15) is 0 Å². The second-order valence-electron chi connectivity index (χ2n) is 5.09. The molecule has 3 aromatic rings. The second-order valence-corrected chi connectivity index (χ2v) is 5.50. The number of hydrogen-bond donors (Lipinski definition) is 1. The molecule has 122 valence electrons. The Morgan fingerprint density at radius 3 is 2.96 bits per heavy atom. The number of fused-ring (bicyclic) bond motifs is 1. The smallest absolute Gasteiger partial charge is 0.419 e. The van der Waals surface area contributed by atoms with Crippen LogP contribution in [0.4, 0.5) is 0 Å². The average Bonchev–Trinajstić information content (AvgIpc) is 3.06. The molecule has 0 saturated carbocycles. The Morgan fingerprint density at radius 1 is 1.43 bits per heavy atom. The zero-order valence-corrected chi connectivity index (χ0v) is 13.3. The minimum absolute atomic E-state index is 0.00228. The number of benzene rings is 1. The molecular formula is C15H16ClN3O4. The van der Waals surface area contributed by atoms with E-state index in [1.807, 2.05) is 17.8 Å². The maximum Gasteiger partial charge on any atom is 0.419 e. The van der Waals surface area contributed by atoms with E-state index in [0.717, 1.165) is 5.82 Å². The van der Waals surface area contributed by atoms with E-state index in [4.69, 9.17) is 25.9 Å².